The van der Waals surface area contributed by atoms with Crippen molar-refractivity contribution in [3.8, 4) is 6.07 Å². The Kier molecular flexibility index (Phi) is 8.21. The second kappa shape index (κ2) is 11.1. The molecule has 1 fully saturated rings. The highest BCUT2D eigenvalue weighted by molar-refractivity contribution is 7.90. The minimum atomic E-state index is -3.75. The number of benzene rings is 1. The van der Waals surface area contributed by atoms with Crippen molar-refractivity contribution in [3.63, 3.8) is 0 Å². The first-order chi connectivity index (χ1) is 15.4. The van der Waals surface area contributed by atoms with E-state index in [9.17, 15) is 23.3 Å². The Labute approximate surface area is 190 Å². The summed E-state index contributed by atoms with van der Waals surface area (Å²) < 4.78 is 30.9. The molecule has 0 radical (unpaired) electrons. The van der Waals surface area contributed by atoms with Crippen molar-refractivity contribution < 1.29 is 22.7 Å². The van der Waals surface area contributed by atoms with E-state index >= 15 is 0 Å². The molecule has 1 aromatic carbocycles. The third-order valence-electron chi connectivity index (χ3n) is 4.81. The lowest BCUT2D eigenvalue weighted by Gasteiger charge is -2.29. The van der Waals surface area contributed by atoms with Gasteiger partial charge < -0.3 is 20.3 Å². The van der Waals surface area contributed by atoms with Crippen molar-refractivity contribution in [2.75, 3.05) is 32.1 Å². The zero-order valence-corrected chi connectivity index (χ0v) is 18.9. The van der Waals surface area contributed by atoms with Crippen LogP contribution in [0.5, 0.6) is 0 Å². The summed E-state index contributed by atoms with van der Waals surface area (Å²) in [6, 6.07) is 11.2. The van der Waals surface area contributed by atoms with E-state index in [1.54, 1.807) is 47.8 Å². The number of hydrogen-bond donors (Lipinski definition) is 2. The zero-order chi connectivity index (χ0) is 23.0. The highest BCUT2D eigenvalue weighted by Gasteiger charge is 2.31. The molecule has 11 heteroatoms. The van der Waals surface area contributed by atoms with Crippen molar-refractivity contribution in [3.05, 3.63) is 58.3 Å². The lowest BCUT2D eigenvalue weighted by molar-refractivity contribution is -0.122. The fourth-order valence-corrected chi connectivity index (χ4v) is 5.48. The van der Waals surface area contributed by atoms with Crippen molar-refractivity contribution >= 4 is 33.1 Å². The number of carbonyl (C=O) groups is 2. The van der Waals surface area contributed by atoms with E-state index in [1.165, 1.54) is 16.2 Å². The number of carbonyl (C=O) groups excluding carboxylic acids is 2. The van der Waals surface area contributed by atoms with Gasteiger partial charge >= 0.3 is 6.03 Å². The maximum absolute atomic E-state index is 13.0. The topological polar surface area (TPSA) is 129 Å². The number of nitrogens with one attached hydrogen (secondary N) is 2. The Balaban J connectivity index is 1.75. The molecule has 1 saturated heterocycles. The highest BCUT2D eigenvalue weighted by atomic mass is 32.2. The Bertz CT molecular complexity index is 1050. The van der Waals surface area contributed by atoms with Gasteiger partial charge in [0.05, 0.1) is 30.8 Å². The van der Waals surface area contributed by atoms with Crippen LogP contribution < -0.4 is 10.6 Å². The van der Waals surface area contributed by atoms with Crippen LogP contribution in [-0.4, -0.2) is 63.4 Å². The van der Waals surface area contributed by atoms with Gasteiger partial charge in [0, 0.05) is 18.0 Å². The molecular weight excluding hydrogens is 452 g/mol. The van der Waals surface area contributed by atoms with Crippen molar-refractivity contribution in [1.29, 1.82) is 5.26 Å². The van der Waals surface area contributed by atoms with Crippen LogP contribution >= 0.6 is 11.3 Å². The molecule has 1 aliphatic rings. The number of thiophene rings is 1. The smallest absolute Gasteiger partial charge is 0.318 e. The number of nitrogens with zero attached hydrogens (tertiary/aromatic N) is 2. The van der Waals surface area contributed by atoms with Gasteiger partial charge in [-0.2, -0.15) is 5.26 Å². The van der Waals surface area contributed by atoms with E-state index < -0.39 is 39.6 Å². The van der Waals surface area contributed by atoms with Gasteiger partial charge in [0.1, 0.15) is 6.04 Å². The third-order valence-corrected chi connectivity index (χ3v) is 7.36. The first-order valence-corrected chi connectivity index (χ1v) is 12.7. The molecule has 3 amide bonds. The number of ether oxygens (including phenoxy) is 1. The molecule has 32 heavy (non-hydrogen) atoms. The van der Waals surface area contributed by atoms with E-state index in [2.05, 4.69) is 10.6 Å². The van der Waals surface area contributed by atoms with Crippen LogP contribution in [0.3, 0.4) is 0 Å². The van der Waals surface area contributed by atoms with Gasteiger partial charge in [-0.05, 0) is 17.0 Å². The van der Waals surface area contributed by atoms with E-state index in [0.717, 1.165) is 0 Å². The number of hydrogen-bond acceptors (Lipinski definition) is 7. The van der Waals surface area contributed by atoms with Crippen LogP contribution in [0.15, 0.2) is 47.8 Å². The maximum Gasteiger partial charge on any atom is 0.318 e. The van der Waals surface area contributed by atoms with E-state index in [4.69, 9.17) is 4.74 Å². The Morgan fingerprint density at radius 3 is 2.47 bits per heavy atom. The average Bonchev–Trinajstić information content (AvgIpc) is 3.32. The largest absolute Gasteiger partial charge is 0.378 e. The number of urea groups is 1. The van der Waals surface area contributed by atoms with Crippen LogP contribution in [0.1, 0.15) is 16.5 Å². The van der Waals surface area contributed by atoms with Crippen LogP contribution in [0, 0.1) is 11.3 Å². The third kappa shape index (κ3) is 6.78. The van der Waals surface area contributed by atoms with Crippen molar-refractivity contribution in [2.24, 2.45) is 0 Å². The molecule has 1 unspecified atom stereocenters. The van der Waals surface area contributed by atoms with E-state index in [-0.39, 0.29) is 5.75 Å². The SMILES string of the molecule is N#C[C@@H](NC(=O)C(CS(=O)(=O)Cc1ccccc1)NC(=O)N1CCOCC1)c1cccs1. The maximum atomic E-state index is 13.0. The van der Waals surface area contributed by atoms with E-state index in [1.807, 2.05) is 6.07 Å². The molecule has 2 aromatic rings. The van der Waals surface area contributed by atoms with Gasteiger partial charge in [-0.1, -0.05) is 36.4 Å². The lowest BCUT2D eigenvalue weighted by Crippen LogP contribution is -2.56. The molecule has 0 aliphatic carbocycles. The first kappa shape index (κ1) is 23.7. The molecule has 9 nitrogen and oxygen atoms in total. The Hall–Kier alpha value is -2.94. The molecule has 2 heterocycles. The predicted octanol–water partition coefficient (Wildman–Crippen LogP) is 1.45. The Morgan fingerprint density at radius 1 is 1.12 bits per heavy atom. The standard InChI is InChI=1S/C21H24N4O5S2/c22-13-17(19-7-4-12-31-19)23-20(26)18(24-21(27)25-8-10-30-11-9-25)15-32(28,29)14-16-5-2-1-3-6-16/h1-7,12,17-18H,8-11,14-15H2,(H,23,26)(H,24,27)/t17-,18?/m1/s1. The van der Waals surface area contributed by atoms with Crippen LogP contribution in [0.2, 0.25) is 0 Å². The zero-order valence-electron chi connectivity index (χ0n) is 17.3. The molecule has 0 saturated carbocycles. The van der Waals surface area contributed by atoms with Crippen molar-refractivity contribution in [2.45, 2.75) is 17.8 Å². The molecule has 0 bridgehead atoms. The van der Waals surface area contributed by atoms with Gasteiger partial charge in [-0.25, -0.2) is 13.2 Å². The first-order valence-electron chi connectivity index (χ1n) is 9.99. The molecule has 3 rings (SSSR count). The highest BCUT2D eigenvalue weighted by Crippen LogP contribution is 2.18. The molecule has 0 spiro atoms. The quantitative estimate of drug-likeness (QED) is 0.593. The minimum Gasteiger partial charge on any atom is -0.378 e. The number of amides is 3. The summed E-state index contributed by atoms with van der Waals surface area (Å²) in [4.78, 5) is 27.7. The van der Waals surface area contributed by atoms with E-state index in [0.29, 0.717) is 36.7 Å². The fraction of sp³-hybridized carbons (Fsp3) is 0.381. The molecular formula is C21H24N4O5S2. The number of morpholine rings is 1. The normalized spacial score (nSPS) is 15.9. The number of rotatable bonds is 8. The van der Waals surface area contributed by atoms with Gasteiger partial charge in [0.2, 0.25) is 5.91 Å². The predicted molar refractivity (Wildman–Crippen MR) is 119 cm³/mol. The van der Waals surface area contributed by atoms with Crippen LogP contribution in [0.4, 0.5) is 4.79 Å². The summed E-state index contributed by atoms with van der Waals surface area (Å²) >= 11 is 1.30. The molecule has 2 N–H and O–H groups in total. The second-order valence-corrected chi connectivity index (χ2v) is 10.3. The Morgan fingerprint density at radius 2 is 1.84 bits per heavy atom. The lowest BCUT2D eigenvalue weighted by atomic mass is 10.2. The van der Waals surface area contributed by atoms with Crippen LogP contribution in [-0.2, 0) is 25.1 Å². The monoisotopic (exact) mass is 476 g/mol. The van der Waals surface area contributed by atoms with Gasteiger partial charge in [0.25, 0.3) is 0 Å². The molecule has 170 valence electrons. The van der Waals surface area contributed by atoms with Gasteiger partial charge in [-0.15, -0.1) is 11.3 Å². The van der Waals surface area contributed by atoms with Gasteiger partial charge in [0.15, 0.2) is 15.9 Å². The number of sulfone groups is 1. The fourth-order valence-electron chi connectivity index (χ4n) is 3.20. The van der Waals surface area contributed by atoms with Crippen LogP contribution in [0.25, 0.3) is 0 Å². The molecule has 2 atom stereocenters. The molecule has 1 aliphatic heterocycles. The summed E-state index contributed by atoms with van der Waals surface area (Å²) in [7, 11) is -3.75. The van der Waals surface area contributed by atoms with Crippen molar-refractivity contribution in [1.82, 2.24) is 15.5 Å². The molecule has 1 aromatic heterocycles. The summed E-state index contributed by atoms with van der Waals surface area (Å²) in [6.45, 7) is 1.41. The average molecular weight is 477 g/mol. The second-order valence-electron chi connectivity index (χ2n) is 7.23. The number of nitriles is 1. The minimum absolute atomic E-state index is 0.266. The summed E-state index contributed by atoms with van der Waals surface area (Å²) in [5, 5.41) is 16.3. The summed E-state index contributed by atoms with van der Waals surface area (Å²) in [5.41, 5.74) is 0.583. The summed E-state index contributed by atoms with van der Waals surface area (Å²) in [6.07, 6.45) is 0. The summed E-state index contributed by atoms with van der Waals surface area (Å²) in [5.74, 6) is -1.59. The van der Waals surface area contributed by atoms with Gasteiger partial charge in [-0.3, -0.25) is 4.79 Å².